The van der Waals surface area contributed by atoms with Gasteiger partial charge >= 0.3 is 0 Å². The quantitative estimate of drug-likeness (QED) is 0.845. The number of nitrogens with two attached hydrogens (primary N) is 1. The molecule has 0 atom stereocenters. The highest BCUT2D eigenvalue weighted by atomic mass is 16.7. The predicted octanol–water partition coefficient (Wildman–Crippen LogP) is 2.01. The maximum atomic E-state index is 6.18. The highest BCUT2D eigenvalue weighted by Crippen LogP contribution is 2.42. The molecule has 0 bridgehead atoms. The van der Waals surface area contributed by atoms with Crippen LogP contribution in [0.25, 0.3) is 0 Å². The molecule has 16 heavy (non-hydrogen) atoms. The van der Waals surface area contributed by atoms with Crippen LogP contribution in [0.4, 0.5) is 0 Å². The summed E-state index contributed by atoms with van der Waals surface area (Å²) in [5.74, 6) is 1.81. The number of hydrogen-bond donors (Lipinski definition) is 1. The van der Waals surface area contributed by atoms with Crippen LogP contribution in [0, 0.1) is 0 Å². The van der Waals surface area contributed by atoms with Crippen molar-refractivity contribution in [2.24, 2.45) is 5.73 Å². The minimum absolute atomic E-state index is 0.0532. The Kier molecular flexibility index (Phi) is 2.11. The van der Waals surface area contributed by atoms with Crippen molar-refractivity contribution in [2.75, 3.05) is 6.79 Å². The second-order valence-electron chi connectivity index (χ2n) is 4.83. The molecule has 1 aliphatic heterocycles. The first-order valence-corrected chi connectivity index (χ1v) is 5.91. The van der Waals surface area contributed by atoms with Gasteiger partial charge in [-0.25, -0.2) is 0 Å². The Balaban J connectivity index is 1.98. The molecule has 0 spiro atoms. The number of ether oxygens (including phenoxy) is 2. The topological polar surface area (TPSA) is 44.5 Å². The third kappa shape index (κ3) is 1.55. The van der Waals surface area contributed by atoms with Crippen LogP contribution in [0.1, 0.15) is 30.9 Å². The van der Waals surface area contributed by atoms with E-state index in [1.807, 2.05) is 6.07 Å². The molecule has 1 saturated carbocycles. The van der Waals surface area contributed by atoms with Gasteiger partial charge in [0.15, 0.2) is 11.5 Å². The van der Waals surface area contributed by atoms with Crippen molar-refractivity contribution in [3.05, 3.63) is 23.3 Å². The third-order valence-corrected chi connectivity index (χ3v) is 3.53. The molecule has 0 radical (unpaired) electrons. The van der Waals surface area contributed by atoms with E-state index >= 15 is 0 Å². The smallest absolute Gasteiger partial charge is 0.231 e. The van der Waals surface area contributed by atoms with Crippen LogP contribution < -0.4 is 15.2 Å². The molecular weight excluding hydrogens is 202 g/mol. The maximum absolute atomic E-state index is 6.18. The van der Waals surface area contributed by atoms with Gasteiger partial charge in [-0.2, -0.15) is 0 Å². The fraction of sp³-hybridized carbons (Fsp3) is 0.538. The number of hydrogen-bond acceptors (Lipinski definition) is 3. The molecule has 0 amide bonds. The van der Waals surface area contributed by atoms with Crippen molar-refractivity contribution in [1.29, 1.82) is 0 Å². The summed E-state index contributed by atoms with van der Waals surface area (Å²) in [6, 6.07) is 4.14. The maximum Gasteiger partial charge on any atom is 0.231 e. The fourth-order valence-electron chi connectivity index (χ4n) is 2.34. The molecule has 0 aromatic heterocycles. The van der Waals surface area contributed by atoms with Crippen LogP contribution in [0.15, 0.2) is 12.1 Å². The lowest BCUT2D eigenvalue weighted by molar-refractivity contribution is 0.173. The minimum atomic E-state index is 0.0532. The molecule has 2 N–H and O–H groups in total. The summed E-state index contributed by atoms with van der Waals surface area (Å²) in [6.07, 6.45) is 4.22. The average Bonchev–Trinajstić information content (AvgIpc) is 2.80. The lowest BCUT2D eigenvalue weighted by Crippen LogP contribution is -2.25. The molecule has 3 nitrogen and oxygen atoms in total. The van der Waals surface area contributed by atoms with Gasteiger partial charge in [0, 0.05) is 11.1 Å². The largest absolute Gasteiger partial charge is 0.454 e. The van der Waals surface area contributed by atoms with Gasteiger partial charge in [-0.3, -0.25) is 0 Å². The van der Waals surface area contributed by atoms with Crippen LogP contribution in [0.5, 0.6) is 11.5 Å². The Bertz CT molecular complexity index is 424. The number of benzene rings is 1. The summed E-state index contributed by atoms with van der Waals surface area (Å²) in [7, 11) is 0. The Morgan fingerprint density at radius 3 is 2.81 bits per heavy atom. The van der Waals surface area contributed by atoms with E-state index in [0.29, 0.717) is 6.79 Å². The standard InChI is InChI=1S/C13H17NO2/c1-2-10-9(7-13(14)5-6-13)3-4-11-12(10)16-8-15-11/h3-4H,2,5-8,14H2,1H3. The first kappa shape index (κ1) is 9.97. The van der Waals surface area contributed by atoms with E-state index < -0.39 is 0 Å². The monoisotopic (exact) mass is 219 g/mol. The highest BCUT2D eigenvalue weighted by molar-refractivity contribution is 5.52. The molecule has 2 aliphatic rings. The molecule has 1 aliphatic carbocycles. The lowest BCUT2D eigenvalue weighted by Gasteiger charge is -2.14. The van der Waals surface area contributed by atoms with Gasteiger partial charge in [0.1, 0.15) is 0 Å². The van der Waals surface area contributed by atoms with E-state index in [4.69, 9.17) is 15.2 Å². The van der Waals surface area contributed by atoms with Crippen LogP contribution >= 0.6 is 0 Å². The van der Waals surface area contributed by atoms with E-state index in [-0.39, 0.29) is 5.54 Å². The van der Waals surface area contributed by atoms with Gasteiger partial charge in [-0.1, -0.05) is 13.0 Å². The second-order valence-corrected chi connectivity index (χ2v) is 4.83. The Morgan fingerprint density at radius 2 is 2.12 bits per heavy atom. The molecule has 0 saturated heterocycles. The van der Waals surface area contributed by atoms with E-state index in [1.54, 1.807) is 0 Å². The Labute approximate surface area is 95.5 Å². The van der Waals surface area contributed by atoms with Crippen LogP contribution in [-0.2, 0) is 12.8 Å². The molecule has 1 aromatic carbocycles. The zero-order valence-electron chi connectivity index (χ0n) is 9.58. The number of fused-ring (bicyclic) bond motifs is 1. The average molecular weight is 219 g/mol. The summed E-state index contributed by atoms with van der Waals surface area (Å²) >= 11 is 0. The zero-order valence-corrected chi connectivity index (χ0v) is 9.58. The van der Waals surface area contributed by atoms with Crippen LogP contribution in [-0.4, -0.2) is 12.3 Å². The highest BCUT2D eigenvalue weighted by Gasteiger charge is 2.39. The third-order valence-electron chi connectivity index (χ3n) is 3.53. The van der Waals surface area contributed by atoms with Crippen molar-refractivity contribution in [1.82, 2.24) is 0 Å². The van der Waals surface area contributed by atoms with Crippen LogP contribution in [0.2, 0.25) is 0 Å². The number of rotatable bonds is 3. The normalized spacial score (nSPS) is 19.9. The van der Waals surface area contributed by atoms with Gasteiger partial charge in [0.25, 0.3) is 0 Å². The first-order valence-electron chi connectivity index (χ1n) is 5.91. The van der Waals surface area contributed by atoms with Gasteiger partial charge in [-0.15, -0.1) is 0 Å². The first-order chi connectivity index (χ1) is 7.72. The molecule has 1 aromatic rings. The predicted molar refractivity (Wildman–Crippen MR) is 61.8 cm³/mol. The van der Waals surface area contributed by atoms with Crippen molar-refractivity contribution in [2.45, 2.75) is 38.1 Å². The zero-order chi connectivity index (χ0) is 11.2. The Morgan fingerprint density at radius 1 is 1.31 bits per heavy atom. The molecule has 1 fully saturated rings. The van der Waals surface area contributed by atoms with Gasteiger partial charge in [0.2, 0.25) is 6.79 Å². The van der Waals surface area contributed by atoms with Crippen molar-refractivity contribution in [3.63, 3.8) is 0 Å². The molecular formula is C13H17NO2. The molecule has 3 rings (SSSR count). The summed E-state index contributed by atoms with van der Waals surface area (Å²) in [5.41, 5.74) is 8.82. The lowest BCUT2D eigenvalue weighted by atomic mass is 9.96. The Hall–Kier alpha value is -1.22. The molecule has 0 unspecified atom stereocenters. The van der Waals surface area contributed by atoms with Crippen molar-refractivity contribution in [3.8, 4) is 11.5 Å². The van der Waals surface area contributed by atoms with Crippen molar-refractivity contribution < 1.29 is 9.47 Å². The van der Waals surface area contributed by atoms with Gasteiger partial charge in [0.05, 0.1) is 0 Å². The van der Waals surface area contributed by atoms with E-state index in [1.165, 1.54) is 11.1 Å². The fourth-order valence-corrected chi connectivity index (χ4v) is 2.34. The van der Waals surface area contributed by atoms with Gasteiger partial charge < -0.3 is 15.2 Å². The summed E-state index contributed by atoms with van der Waals surface area (Å²) in [6.45, 7) is 2.50. The summed E-state index contributed by atoms with van der Waals surface area (Å²) in [4.78, 5) is 0. The summed E-state index contributed by atoms with van der Waals surface area (Å²) < 4.78 is 10.9. The van der Waals surface area contributed by atoms with E-state index in [2.05, 4.69) is 13.0 Å². The van der Waals surface area contributed by atoms with Gasteiger partial charge in [-0.05, 0) is 37.3 Å². The summed E-state index contributed by atoms with van der Waals surface area (Å²) in [5, 5.41) is 0. The van der Waals surface area contributed by atoms with E-state index in [0.717, 1.165) is 37.2 Å². The molecule has 86 valence electrons. The van der Waals surface area contributed by atoms with E-state index in [9.17, 15) is 0 Å². The molecule has 3 heteroatoms. The SMILES string of the molecule is CCc1c(CC2(N)CC2)ccc2c1OCO2. The minimum Gasteiger partial charge on any atom is -0.454 e. The second kappa shape index (κ2) is 3.39. The van der Waals surface area contributed by atoms with Crippen molar-refractivity contribution >= 4 is 0 Å². The van der Waals surface area contributed by atoms with Crippen LogP contribution in [0.3, 0.4) is 0 Å². The molecule has 1 heterocycles.